The van der Waals surface area contributed by atoms with Crippen molar-refractivity contribution in [3.63, 3.8) is 0 Å². The number of nitrogens with one attached hydrogen (secondary N) is 2. The van der Waals surface area contributed by atoms with Gasteiger partial charge in [-0.1, -0.05) is 18.2 Å². The molecule has 9 heteroatoms. The van der Waals surface area contributed by atoms with Gasteiger partial charge in [0.05, 0.1) is 20.6 Å². The van der Waals surface area contributed by atoms with E-state index in [1.807, 2.05) is 0 Å². The van der Waals surface area contributed by atoms with Gasteiger partial charge in [-0.25, -0.2) is 0 Å². The van der Waals surface area contributed by atoms with E-state index < -0.39 is 18.6 Å². The first-order valence-electron chi connectivity index (χ1n) is 8.83. The molecule has 0 unspecified atom stereocenters. The molecule has 2 N–H and O–H groups in total. The van der Waals surface area contributed by atoms with Crippen LogP contribution in [-0.4, -0.2) is 38.8 Å². The molecule has 0 aromatic heterocycles. The molecule has 0 aliphatic carbocycles. The summed E-state index contributed by atoms with van der Waals surface area (Å²) in [7, 11) is 3.04. The Labute approximate surface area is 171 Å². The first-order chi connectivity index (χ1) is 14.2. The van der Waals surface area contributed by atoms with Crippen molar-refractivity contribution in [1.29, 1.82) is 0 Å². The van der Waals surface area contributed by atoms with Gasteiger partial charge in [0.15, 0.2) is 11.5 Å². The zero-order chi connectivity index (χ0) is 22.1. The molecule has 0 aliphatic heterocycles. The quantitative estimate of drug-likeness (QED) is 0.638. The van der Waals surface area contributed by atoms with Crippen LogP contribution in [0, 0.1) is 0 Å². The van der Waals surface area contributed by atoms with E-state index in [0.29, 0.717) is 22.7 Å². The Hall–Kier alpha value is -3.49. The van der Waals surface area contributed by atoms with Crippen molar-refractivity contribution in [2.24, 2.45) is 0 Å². The third kappa shape index (κ3) is 7.50. The van der Waals surface area contributed by atoms with E-state index in [4.69, 9.17) is 9.47 Å². The lowest BCUT2D eigenvalue weighted by Gasteiger charge is -2.09. The Morgan fingerprint density at radius 3 is 2.27 bits per heavy atom. The van der Waals surface area contributed by atoms with Crippen LogP contribution < -0.4 is 20.1 Å². The minimum Gasteiger partial charge on any atom is -0.493 e. The topological polar surface area (TPSA) is 76.7 Å². The van der Waals surface area contributed by atoms with Crippen LogP contribution in [-0.2, 0) is 16.0 Å². The van der Waals surface area contributed by atoms with Gasteiger partial charge in [0.2, 0.25) is 11.8 Å². The Morgan fingerprint density at radius 1 is 1.00 bits per heavy atom. The summed E-state index contributed by atoms with van der Waals surface area (Å²) in [5, 5.41) is 4.46. The molecule has 6 nitrogen and oxygen atoms in total. The van der Waals surface area contributed by atoms with Gasteiger partial charge in [0.1, 0.15) is 6.54 Å². The fraction of sp³-hybridized carbons (Fsp3) is 0.238. The summed E-state index contributed by atoms with van der Waals surface area (Å²) in [6.45, 7) is -1.37. The van der Waals surface area contributed by atoms with E-state index in [-0.39, 0.29) is 12.3 Å². The summed E-state index contributed by atoms with van der Waals surface area (Å²) >= 11 is 0. The van der Waals surface area contributed by atoms with Crippen LogP contribution in [0.25, 0.3) is 6.08 Å². The van der Waals surface area contributed by atoms with Crippen LogP contribution >= 0.6 is 0 Å². The number of carbonyl (C=O) groups is 2. The molecule has 0 fully saturated rings. The molecule has 2 aromatic rings. The van der Waals surface area contributed by atoms with Crippen LogP contribution in [0.3, 0.4) is 0 Å². The Kier molecular flexibility index (Phi) is 7.85. The number of benzene rings is 2. The van der Waals surface area contributed by atoms with Crippen molar-refractivity contribution < 1.29 is 32.2 Å². The van der Waals surface area contributed by atoms with E-state index in [0.717, 1.165) is 5.56 Å². The monoisotopic (exact) mass is 422 g/mol. The lowest BCUT2D eigenvalue weighted by molar-refractivity contribution is -0.138. The van der Waals surface area contributed by atoms with Crippen LogP contribution in [0.2, 0.25) is 0 Å². The van der Waals surface area contributed by atoms with Gasteiger partial charge >= 0.3 is 6.18 Å². The predicted octanol–water partition coefficient (Wildman–Crippen LogP) is 3.58. The van der Waals surface area contributed by atoms with Crippen molar-refractivity contribution in [2.45, 2.75) is 12.6 Å². The number of anilines is 1. The van der Waals surface area contributed by atoms with Gasteiger partial charge in [-0.15, -0.1) is 0 Å². The summed E-state index contributed by atoms with van der Waals surface area (Å²) in [6.07, 6.45) is -1.69. The molecular weight excluding hydrogens is 401 g/mol. The first kappa shape index (κ1) is 22.8. The number of hydrogen-bond acceptors (Lipinski definition) is 4. The standard InChI is InChI=1S/C21H21F3N2O4/c1-29-17-9-5-14(11-18(17)30-2)6-10-19(27)26-16-7-3-15(4-8-16)12-20(28)25-13-21(22,23)24/h3-11H,12-13H2,1-2H3,(H,25,28)(H,26,27). The van der Waals surface area contributed by atoms with Gasteiger partial charge in [-0.3, -0.25) is 9.59 Å². The predicted molar refractivity (Wildman–Crippen MR) is 106 cm³/mol. The van der Waals surface area contributed by atoms with Crippen molar-refractivity contribution >= 4 is 23.6 Å². The summed E-state index contributed by atoms with van der Waals surface area (Å²) in [4.78, 5) is 23.6. The Bertz CT molecular complexity index is 909. The molecule has 2 aromatic carbocycles. The van der Waals surface area contributed by atoms with E-state index >= 15 is 0 Å². The molecular formula is C21H21F3N2O4. The maximum atomic E-state index is 12.1. The summed E-state index contributed by atoms with van der Waals surface area (Å²) in [5.41, 5.74) is 1.74. The van der Waals surface area contributed by atoms with E-state index in [1.54, 1.807) is 53.9 Å². The number of ether oxygens (including phenoxy) is 2. The molecule has 2 amide bonds. The maximum absolute atomic E-state index is 12.1. The van der Waals surface area contributed by atoms with Crippen molar-refractivity contribution in [1.82, 2.24) is 5.32 Å². The fourth-order valence-electron chi connectivity index (χ4n) is 2.46. The van der Waals surface area contributed by atoms with Gasteiger partial charge < -0.3 is 20.1 Å². The number of methoxy groups -OCH3 is 2. The molecule has 2 rings (SSSR count). The molecule has 0 aliphatic rings. The lowest BCUT2D eigenvalue weighted by atomic mass is 10.1. The van der Waals surface area contributed by atoms with E-state index in [2.05, 4.69) is 5.32 Å². The van der Waals surface area contributed by atoms with Crippen LogP contribution in [0.4, 0.5) is 18.9 Å². The van der Waals surface area contributed by atoms with Crippen LogP contribution in [0.1, 0.15) is 11.1 Å². The van der Waals surface area contributed by atoms with Crippen molar-refractivity contribution in [3.8, 4) is 11.5 Å². The van der Waals surface area contributed by atoms with Gasteiger partial charge in [-0.2, -0.15) is 13.2 Å². The Morgan fingerprint density at radius 2 is 1.67 bits per heavy atom. The number of rotatable bonds is 8. The second-order valence-electron chi connectivity index (χ2n) is 6.20. The number of halogens is 3. The van der Waals surface area contributed by atoms with Gasteiger partial charge in [0, 0.05) is 11.8 Å². The first-order valence-corrected chi connectivity index (χ1v) is 8.83. The third-order valence-electron chi connectivity index (χ3n) is 3.91. The van der Waals surface area contributed by atoms with E-state index in [9.17, 15) is 22.8 Å². The van der Waals surface area contributed by atoms with E-state index in [1.165, 1.54) is 20.3 Å². The fourth-order valence-corrected chi connectivity index (χ4v) is 2.46. The molecule has 0 bridgehead atoms. The summed E-state index contributed by atoms with van der Waals surface area (Å²) < 4.78 is 46.7. The number of amides is 2. The zero-order valence-corrected chi connectivity index (χ0v) is 16.4. The average molecular weight is 422 g/mol. The minimum atomic E-state index is -4.45. The molecule has 0 radical (unpaired) electrons. The zero-order valence-electron chi connectivity index (χ0n) is 16.4. The van der Waals surface area contributed by atoms with Crippen LogP contribution in [0.5, 0.6) is 11.5 Å². The largest absolute Gasteiger partial charge is 0.493 e. The third-order valence-corrected chi connectivity index (χ3v) is 3.91. The normalized spacial score (nSPS) is 11.2. The lowest BCUT2D eigenvalue weighted by Crippen LogP contribution is -2.34. The highest BCUT2D eigenvalue weighted by Gasteiger charge is 2.27. The smallest absolute Gasteiger partial charge is 0.405 e. The highest BCUT2D eigenvalue weighted by Crippen LogP contribution is 2.28. The highest BCUT2D eigenvalue weighted by atomic mass is 19.4. The molecule has 0 saturated carbocycles. The van der Waals surface area contributed by atoms with Crippen molar-refractivity contribution in [2.75, 3.05) is 26.1 Å². The van der Waals surface area contributed by atoms with Crippen LogP contribution in [0.15, 0.2) is 48.5 Å². The number of hydrogen-bond donors (Lipinski definition) is 2. The molecule has 0 spiro atoms. The molecule has 160 valence electrons. The minimum absolute atomic E-state index is 0.191. The highest BCUT2D eigenvalue weighted by molar-refractivity contribution is 6.02. The number of carbonyl (C=O) groups excluding carboxylic acids is 2. The van der Waals surface area contributed by atoms with Gasteiger partial charge in [-0.05, 0) is 41.5 Å². The van der Waals surface area contributed by atoms with Crippen molar-refractivity contribution in [3.05, 3.63) is 59.7 Å². The summed E-state index contributed by atoms with van der Waals surface area (Å²) in [5.74, 6) is 0.00335. The second kappa shape index (κ2) is 10.3. The Balaban J connectivity index is 1.90. The molecule has 0 atom stereocenters. The summed E-state index contributed by atoms with van der Waals surface area (Å²) in [6, 6.07) is 11.5. The molecule has 30 heavy (non-hydrogen) atoms. The SMILES string of the molecule is COc1ccc(C=CC(=O)Nc2ccc(CC(=O)NCC(F)(F)F)cc2)cc1OC. The van der Waals surface area contributed by atoms with Gasteiger partial charge in [0.25, 0.3) is 0 Å². The average Bonchev–Trinajstić information content (AvgIpc) is 2.71. The maximum Gasteiger partial charge on any atom is 0.405 e. The second-order valence-corrected chi connectivity index (χ2v) is 6.20. The molecule has 0 saturated heterocycles. The molecule has 0 heterocycles. The number of alkyl halides is 3.